The molecule has 0 aliphatic rings. The summed E-state index contributed by atoms with van der Waals surface area (Å²) in [5.74, 6) is -1.64. The third kappa shape index (κ3) is 3.27. The Morgan fingerprint density at radius 3 is 2.70 bits per heavy atom. The van der Waals surface area contributed by atoms with E-state index < -0.39 is 11.9 Å². The second-order valence-electron chi connectivity index (χ2n) is 5.57. The molecular formula is C18H11ClN4O3S. The molecule has 4 aromatic rings. The van der Waals surface area contributed by atoms with Gasteiger partial charge in [0, 0.05) is 28.9 Å². The molecule has 2 N–H and O–H groups in total. The number of amides is 1. The molecule has 0 radical (unpaired) electrons. The molecular weight excluding hydrogens is 388 g/mol. The van der Waals surface area contributed by atoms with Gasteiger partial charge in [-0.1, -0.05) is 23.7 Å². The van der Waals surface area contributed by atoms with Gasteiger partial charge in [-0.3, -0.25) is 4.79 Å². The zero-order chi connectivity index (χ0) is 19.0. The molecule has 3 aromatic heterocycles. The van der Waals surface area contributed by atoms with Crippen molar-refractivity contribution in [3.8, 4) is 10.4 Å². The van der Waals surface area contributed by atoms with Gasteiger partial charge >= 0.3 is 5.97 Å². The van der Waals surface area contributed by atoms with E-state index in [4.69, 9.17) is 11.6 Å². The lowest BCUT2D eigenvalue weighted by atomic mass is 10.1. The third-order valence-corrected chi connectivity index (χ3v) is 5.11. The van der Waals surface area contributed by atoms with Crippen LogP contribution in [0.4, 0.5) is 5.69 Å². The SMILES string of the molecule is O=C(Nc1csc(-c2ccc(Cl)cc2)c1C(=O)O)c1cc2ncccn2n1. The van der Waals surface area contributed by atoms with Gasteiger partial charge in [0.05, 0.1) is 10.6 Å². The predicted molar refractivity (Wildman–Crippen MR) is 103 cm³/mol. The fourth-order valence-electron chi connectivity index (χ4n) is 2.60. The number of rotatable bonds is 4. The molecule has 0 aliphatic heterocycles. The number of carbonyl (C=O) groups excluding carboxylic acids is 1. The quantitative estimate of drug-likeness (QED) is 0.540. The van der Waals surface area contributed by atoms with E-state index in [1.807, 2.05) is 0 Å². The van der Waals surface area contributed by atoms with E-state index in [9.17, 15) is 14.7 Å². The van der Waals surface area contributed by atoms with Crippen molar-refractivity contribution in [1.82, 2.24) is 14.6 Å². The van der Waals surface area contributed by atoms with Crippen molar-refractivity contribution >= 4 is 46.1 Å². The summed E-state index contributed by atoms with van der Waals surface area (Å²) in [5, 5.41) is 18.6. The van der Waals surface area contributed by atoms with Crippen LogP contribution in [0.5, 0.6) is 0 Å². The molecule has 0 atom stereocenters. The smallest absolute Gasteiger partial charge is 0.339 e. The van der Waals surface area contributed by atoms with Crippen molar-refractivity contribution in [2.75, 3.05) is 5.32 Å². The number of halogens is 1. The summed E-state index contributed by atoms with van der Waals surface area (Å²) in [5.41, 5.74) is 1.61. The van der Waals surface area contributed by atoms with Gasteiger partial charge in [0.1, 0.15) is 5.56 Å². The van der Waals surface area contributed by atoms with Gasteiger partial charge in [-0.2, -0.15) is 5.10 Å². The van der Waals surface area contributed by atoms with Crippen molar-refractivity contribution in [2.45, 2.75) is 0 Å². The van der Waals surface area contributed by atoms with Gasteiger partial charge < -0.3 is 10.4 Å². The second kappa shape index (κ2) is 6.82. The van der Waals surface area contributed by atoms with Gasteiger partial charge in [0.2, 0.25) is 0 Å². The number of carbonyl (C=O) groups is 2. The van der Waals surface area contributed by atoms with Crippen LogP contribution in [0, 0.1) is 0 Å². The first kappa shape index (κ1) is 17.2. The molecule has 0 fully saturated rings. The number of anilines is 1. The minimum Gasteiger partial charge on any atom is -0.478 e. The van der Waals surface area contributed by atoms with E-state index in [-0.39, 0.29) is 16.9 Å². The summed E-state index contributed by atoms with van der Waals surface area (Å²) >= 11 is 7.12. The predicted octanol–water partition coefficient (Wildman–Crippen LogP) is 4.06. The highest BCUT2D eigenvalue weighted by Crippen LogP contribution is 2.36. The topological polar surface area (TPSA) is 96.6 Å². The van der Waals surface area contributed by atoms with Gasteiger partial charge in [0.25, 0.3) is 5.91 Å². The van der Waals surface area contributed by atoms with Crippen LogP contribution in [0.15, 0.2) is 54.2 Å². The van der Waals surface area contributed by atoms with Crippen LogP contribution in [-0.4, -0.2) is 31.6 Å². The van der Waals surface area contributed by atoms with Gasteiger partial charge in [-0.15, -0.1) is 11.3 Å². The first-order valence-corrected chi connectivity index (χ1v) is 9.01. The summed E-state index contributed by atoms with van der Waals surface area (Å²) in [6, 6.07) is 10.1. The normalized spacial score (nSPS) is 10.9. The van der Waals surface area contributed by atoms with E-state index in [0.29, 0.717) is 21.1 Å². The first-order valence-electron chi connectivity index (χ1n) is 7.75. The van der Waals surface area contributed by atoms with Crippen LogP contribution in [0.25, 0.3) is 16.1 Å². The van der Waals surface area contributed by atoms with Crippen LogP contribution in [0.1, 0.15) is 20.8 Å². The van der Waals surface area contributed by atoms with Gasteiger partial charge in [0.15, 0.2) is 11.3 Å². The number of hydrogen-bond donors (Lipinski definition) is 2. The Hall–Kier alpha value is -3.23. The molecule has 1 aromatic carbocycles. The number of nitrogens with one attached hydrogen (secondary N) is 1. The number of aromatic nitrogens is 3. The standard InChI is InChI=1S/C18H11ClN4O3S/c19-11-4-2-10(3-5-11)16-15(18(25)26)13(9-27-16)21-17(24)12-8-14-20-6-1-7-23(14)22-12/h1-9H,(H,21,24)(H,25,26). The number of aromatic carboxylic acids is 1. The Bertz CT molecular complexity index is 1130. The van der Waals surface area contributed by atoms with Crippen LogP contribution in [0.3, 0.4) is 0 Å². The Kier molecular flexibility index (Phi) is 4.35. The molecule has 27 heavy (non-hydrogen) atoms. The zero-order valence-corrected chi connectivity index (χ0v) is 15.2. The minimum atomic E-state index is -1.13. The van der Waals surface area contributed by atoms with E-state index in [1.165, 1.54) is 21.9 Å². The molecule has 0 bridgehead atoms. The Labute approximate surface area is 161 Å². The second-order valence-corrected chi connectivity index (χ2v) is 6.89. The Morgan fingerprint density at radius 1 is 1.22 bits per heavy atom. The molecule has 0 saturated heterocycles. The van der Waals surface area contributed by atoms with E-state index in [0.717, 1.165) is 0 Å². The summed E-state index contributed by atoms with van der Waals surface area (Å²) in [6.45, 7) is 0. The number of carboxylic acids is 1. The summed E-state index contributed by atoms with van der Waals surface area (Å²) < 4.78 is 1.47. The summed E-state index contributed by atoms with van der Waals surface area (Å²) in [4.78, 5) is 29.0. The molecule has 7 nitrogen and oxygen atoms in total. The monoisotopic (exact) mass is 398 g/mol. The third-order valence-electron chi connectivity index (χ3n) is 3.83. The maximum absolute atomic E-state index is 12.5. The number of benzene rings is 1. The molecule has 3 heterocycles. The Morgan fingerprint density at radius 2 is 2.00 bits per heavy atom. The van der Waals surface area contributed by atoms with Crippen LogP contribution in [-0.2, 0) is 0 Å². The van der Waals surface area contributed by atoms with Crippen LogP contribution in [0.2, 0.25) is 5.02 Å². The summed E-state index contributed by atoms with van der Waals surface area (Å²) in [6.07, 6.45) is 3.27. The number of fused-ring (bicyclic) bond motifs is 1. The lowest BCUT2D eigenvalue weighted by Crippen LogP contribution is -2.14. The van der Waals surface area contributed by atoms with Crippen LogP contribution >= 0.6 is 22.9 Å². The molecule has 1 amide bonds. The molecule has 0 unspecified atom stereocenters. The lowest BCUT2D eigenvalue weighted by molar-refractivity contribution is 0.0699. The average Bonchev–Trinajstić information content (AvgIpc) is 3.26. The summed E-state index contributed by atoms with van der Waals surface area (Å²) in [7, 11) is 0. The zero-order valence-electron chi connectivity index (χ0n) is 13.6. The molecule has 134 valence electrons. The van der Waals surface area contributed by atoms with E-state index in [2.05, 4.69) is 15.4 Å². The number of nitrogens with zero attached hydrogens (tertiary/aromatic N) is 3. The van der Waals surface area contributed by atoms with E-state index in [1.54, 1.807) is 48.1 Å². The van der Waals surface area contributed by atoms with E-state index >= 15 is 0 Å². The number of carboxylic acid groups (broad SMARTS) is 1. The maximum Gasteiger partial charge on any atom is 0.339 e. The molecule has 4 rings (SSSR count). The minimum absolute atomic E-state index is 0.0255. The van der Waals surface area contributed by atoms with Crippen molar-refractivity contribution in [1.29, 1.82) is 0 Å². The average molecular weight is 399 g/mol. The van der Waals surface area contributed by atoms with Crippen molar-refractivity contribution in [3.63, 3.8) is 0 Å². The number of thiophene rings is 1. The van der Waals surface area contributed by atoms with Crippen LogP contribution < -0.4 is 5.32 Å². The largest absolute Gasteiger partial charge is 0.478 e. The van der Waals surface area contributed by atoms with Crippen molar-refractivity contribution < 1.29 is 14.7 Å². The highest BCUT2D eigenvalue weighted by Gasteiger charge is 2.22. The van der Waals surface area contributed by atoms with Gasteiger partial charge in [-0.25, -0.2) is 14.3 Å². The van der Waals surface area contributed by atoms with Crippen molar-refractivity contribution in [3.05, 3.63) is 70.5 Å². The van der Waals surface area contributed by atoms with Gasteiger partial charge in [-0.05, 0) is 23.8 Å². The molecule has 0 saturated carbocycles. The maximum atomic E-state index is 12.5. The fraction of sp³-hybridized carbons (Fsp3) is 0. The molecule has 0 spiro atoms. The fourth-order valence-corrected chi connectivity index (χ4v) is 3.73. The Balaban J connectivity index is 1.68. The van der Waals surface area contributed by atoms with Crippen molar-refractivity contribution in [2.24, 2.45) is 0 Å². The highest BCUT2D eigenvalue weighted by molar-refractivity contribution is 7.14. The highest BCUT2D eigenvalue weighted by atomic mass is 35.5. The molecule has 0 aliphatic carbocycles. The lowest BCUT2D eigenvalue weighted by Gasteiger charge is -2.05. The number of hydrogen-bond acceptors (Lipinski definition) is 5. The first-order chi connectivity index (χ1) is 13.0. The molecule has 9 heteroatoms.